The quantitative estimate of drug-likeness (QED) is 0.164. The summed E-state index contributed by atoms with van der Waals surface area (Å²) < 4.78 is 0. The number of rotatable bonds is 6. The minimum absolute atomic E-state index is 0.241. The average Bonchev–Trinajstić information content (AvgIpc) is 3.10. The minimum atomic E-state index is -0.956. The van der Waals surface area contributed by atoms with Crippen LogP contribution in [0.4, 0.5) is 0 Å². The van der Waals surface area contributed by atoms with Crippen molar-refractivity contribution in [3.63, 3.8) is 0 Å². The zero-order valence-corrected chi connectivity index (χ0v) is 26.6. The molecule has 0 aliphatic rings. The van der Waals surface area contributed by atoms with Crippen molar-refractivity contribution >= 4 is 31.3 Å². The van der Waals surface area contributed by atoms with Crippen LogP contribution in [-0.4, -0.2) is 42.1 Å². The molecule has 0 radical (unpaired) electrons. The molecule has 0 atom stereocenters. The Kier molecular flexibility index (Phi) is 12.4. The van der Waals surface area contributed by atoms with Crippen LogP contribution in [0, 0.1) is 0 Å². The molecule has 6 rings (SSSR count). The number of halogens is 2. The van der Waals surface area contributed by atoms with Crippen molar-refractivity contribution in [3.8, 4) is 45.0 Å². The number of hydrogen-bond acceptors (Lipinski definition) is 6. The van der Waals surface area contributed by atoms with E-state index in [-0.39, 0.29) is 26.3 Å². The van der Waals surface area contributed by atoms with Crippen molar-refractivity contribution in [2.24, 2.45) is 0 Å². The second-order valence-corrected chi connectivity index (χ2v) is 11.7. The molecule has 0 amide bonds. The maximum absolute atomic E-state index is 11.0. The van der Waals surface area contributed by atoms with E-state index in [4.69, 9.17) is 29.6 Å². The molecule has 0 spiro atoms. The van der Waals surface area contributed by atoms with Gasteiger partial charge in [-0.1, -0.05) is 48.5 Å². The van der Waals surface area contributed by atoms with Gasteiger partial charge < -0.3 is 10.2 Å². The van der Waals surface area contributed by atoms with Gasteiger partial charge in [-0.2, -0.15) is 0 Å². The van der Waals surface area contributed by atoms with Crippen LogP contribution in [0.2, 0.25) is 0 Å². The van der Waals surface area contributed by atoms with Gasteiger partial charge in [0.1, 0.15) is 0 Å². The molecule has 0 saturated heterocycles. The Hall–Kier alpha value is -4.82. The van der Waals surface area contributed by atoms with Gasteiger partial charge in [0.15, 0.2) is 0 Å². The van der Waals surface area contributed by atoms with Crippen molar-refractivity contribution < 1.29 is 34.9 Å². The predicted molar refractivity (Wildman–Crippen MR) is 171 cm³/mol. The second kappa shape index (κ2) is 16.9. The monoisotopic (exact) mass is 724 g/mol. The predicted octanol–water partition coefficient (Wildman–Crippen LogP) is 8.39. The third kappa shape index (κ3) is 9.58. The van der Waals surface area contributed by atoms with E-state index >= 15 is 0 Å². The van der Waals surface area contributed by atoms with Crippen LogP contribution in [0.3, 0.4) is 0 Å². The SMILES string of the molecule is O=C(O)c1ccc(-c2ccc(-c3ccc(-c4ccc(C(=O)O)cc4)cn3)nc2)cc1.[Cl][Ru][Cl].c1ccc(-c2ccccn2)nc1. The fraction of sp³-hybridized carbons (Fsp3) is 0. The molecule has 0 bridgehead atoms. The molecule has 0 saturated carbocycles. The van der Waals surface area contributed by atoms with Gasteiger partial charge in [0.05, 0.1) is 33.9 Å². The third-order valence-electron chi connectivity index (χ3n) is 6.31. The van der Waals surface area contributed by atoms with Crippen LogP contribution >= 0.6 is 19.4 Å². The maximum atomic E-state index is 11.0. The molecule has 2 aromatic carbocycles. The van der Waals surface area contributed by atoms with Crippen LogP contribution < -0.4 is 0 Å². The zero-order valence-electron chi connectivity index (χ0n) is 23.3. The number of nitrogens with zero attached hydrogens (tertiary/aromatic N) is 4. The van der Waals surface area contributed by atoms with E-state index in [0.717, 1.165) is 33.6 Å². The Balaban J connectivity index is 0.000000254. The van der Waals surface area contributed by atoms with E-state index in [1.807, 2.05) is 60.7 Å². The van der Waals surface area contributed by atoms with Gasteiger partial charge in [-0.3, -0.25) is 19.9 Å². The Morgan fingerprint density at radius 1 is 0.467 bits per heavy atom. The topological polar surface area (TPSA) is 126 Å². The van der Waals surface area contributed by atoms with Gasteiger partial charge in [0, 0.05) is 35.9 Å². The first kappa shape index (κ1) is 33.1. The second-order valence-electron chi connectivity index (χ2n) is 9.11. The van der Waals surface area contributed by atoms with Gasteiger partial charge in [0.2, 0.25) is 0 Å². The molecular weight excluding hydrogens is 700 g/mol. The van der Waals surface area contributed by atoms with E-state index < -0.39 is 11.9 Å². The molecule has 6 aromatic rings. The van der Waals surface area contributed by atoms with E-state index in [9.17, 15) is 9.59 Å². The smallest absolute Gasteiger partial charge is 0.0886 e. The van der Waals surface area contributed by atoms with Crippen LogP contribution in [-0.2, 0) is 15.1 Å². The molecule has 2 N–H and O–H groups in total. The van der Waals surface area contributed by atoms with Crippen molar-refractivity contribution in [1.29, 1.82) is 0 Å². The number of hydrogen-bond donors (Lipinski definition) is 2. The summed E-state index contributed by atoms with van der Waals surface area (Å²) in [7, 11) is 9.71. The molecule has 0 unspecified atom stereocenters. The first-order valence-electron chi connectivity index (χ1n) is 13.2. The number of benzene rings is 2. The summed E-state index contributed by atoms with van der Waals surface area (Å²) in [6, 6.07) is 32.4. The Morgan fingerprint density at radius 2 is 0.800 bits per heavy atom. The first-order chi connectivity index (χ1) is 21.9. The number of aromatic carboxylic acids is 2. The molecule has 8 nitrogen and oxygen atoms in total. The summed E-state index contributed by atoms with van der Waals surface area (Å²) in [5.74, 6) is -1.91. The summed E-state index contributed by atoms with van der Waals surface area (Å²) in [5, 5.41) is 18.0. The van der Waals surface area contributed by atoms with Crippen molar-refractivity contribution in [3.05, 3.63) is 145 Å². The Labute approximate surface area is 275 Å². The van der Waals surface area contributed by atoms with Gasteiger partial charge >= 0.3 is 46.5 Å². The maximum Gasteiger partial charge on any atom is 0.0886 e. The zero-order chi connectivity index (χ0) is 32.0. The molecule has 0 aliphatic heterocycles. The van der Waals surface area contributed by atoms with E-state index in [2.05, 4.69) is 19.9 Å². The van der Waals surface area contributed by atoms with Crippen molar-refractivity contribution in [1.82, 2.24) is 19.9 Å². The molecule has 0 aliphatic carbocycles. The van der Waals surface area contributed by atoms with Crippen LogP contribution in [0.25, 0.3) is 45.0 Å². The number of aromatic nitrogens is 4. The van der Waals surface area contributed by atoms with Crippen molar-refractivity contribution in [2.45, 2.75) is 0 Å². The first-order valence-corrected chi connectivity index (χ1v) is 17.6. The number of carbonyl (C=O) groups is 2. The molecule has 0 fully saturated rings. The van der Waals surface area contributed by atoms with Crippen LogP contribution in [0.15, 0.2) is 134 Å². The summed E-state index contributed by atoms with van der Waals surface area (Å²) in [4.78, 5) is 39.2. The summed E-state index contributed by atoms with van der Waals surface area (Å²) in [6.07, 6.45) is 6.99. The third-order valence-corrected chi connectivity index (χ3v) is 6.31. The Bertz CT molecular complexity index is 1670. The van der Waals surface area contributed by atoms with Crippen LogP contribution in [0.1, 0.15) is 20.7 Å². The van der Waals surface area contributed by atoms with Gasteiger partial charge in [-0.15, -0.1) is 0 Å². The Morgan fingerprint density at radius 3 is 1.07 bits per heavy atom. The summed E-state index contributed by atoms with van der Waals surface area (Å²) >= 11 is -0.346. The van der Waals surface area contributed by atoms with Gasteiger partial charge in [-0.05, 0) is 71.8 Å². The largest absolute Gasteiger partial charge is 0.255 e. The number of carboxylic acids is 2. The van der Waals surface area contributed by atoms with Gasteiger partial charge in [-0.25, -0.2) is 9.59 Å². The van der Waals surface area contributed by atoms with Crippen LogP contribution in [0.5, 0.6) is 0 Å². The minimum Gasteiger partial charge on any atom is -0.255 e. The molecule has 226 valence electrons. The van der Waals surface area contributed by atoms with E-state index in [1.54, 1.807) is 73.3 Å². The van der Waals surface area contributed by atoms with E-state index in [0.29, 0.717) is 11.4 Å². The van der Waals surface area contributed by atoms with Gasteiger partial charge in [0.25, 0.3) is 0 Å². The molecule has 11 heteroatoms. The fourth-order valence-electron chi connectivity index (χ4n) is 4.07. The normalized spacial score (nSPS) is 10.1. The fourth-order valence-corrected chi connectivity index (χ4v) is 4.07. The summed E-state index contributed by atoms with van der Waals surface area (Å²) in [5.41, 5.74) is 7.27. The van der Waals surface area contributed by atoms with Crippen molar-refractivity contribution in [2.75, 3.05) is 0 Å². The molecule has 4 aromatic heterocycles. The summed E-state index contributed by atoms with van der Waals surface area (Å²) in [6.45, 7) is 0. The number of carboxylic acid groups (broad SMARTS) is 2. The molecular formula is C34H24Cl2N4O4Ru. The van der Waals surface area contributed by atoms with E-state index in [1.165, 1.54) is 0 Å². The standard InChI is InChI=1S/C24H16N2O4.C10H8N2.2ClH.Ru/c27-23(28)17-5-1-15(2-6-17)19-9-11-21(25-13-19)22-12-10-20(14-26-22)16-3-7-18(8-4-16)24(29)30;1-3-7-11-9(5-1)10-6-2-4-8-12-10;;;/h1-14H,(H,27,28)(H,29,30);1-8H;2*1H;/q;;;;+2/p-2. The number of pyridine rings is 4. The average molecular weight is 725 g/mol. The molecule has 4 heterocycles. The molecule has 45 heavy (non-hydrogen) atoms.